The lowest BCUT2D eigenvalue weighted by atomic mass is 9.66. The summed E-state index contributed by atoms with van der Waals surface area (Å²) in [6, 6.07) is 15.2. The van der Waals surface area contributed by atoms with E-state index in [1.54, 1.807) is 18.2 Å². The number of benzene rings is 2. The zero-order chi connectivity index (χ0) is 25.2. The highest BCUT2D eigenvalue weighted by Gasteiger charge is 2.46. The number of esters is 1. The Morgan fingerprint density at radius 1 is 1.03 bits per heavy atom. The summed E-state index contributed by atoms with van der Waals surface area (Å²) in [4.78, 5) is 32.2. The highest BCUT2D eigenvalue weighted by atomic mass is 16.5. The van der Waals surface area contributed by atoms with E-state index >= 15 is 0 Å². The van der Waals surface area contributed by atoms with Crippen LogP contribution in [-0.2, 0) is 14.3 Å². The fourth-order valence-electron chi connectivity index (χ4n) is 5.98. The number of fused-ring (bicyclic) bond motifs is 1. The maximum atomic E-state index is 13.8. The van der Waals surface area contributed by atoms with Crippen molar-refractivity contribution in [1.82, 2.24) is 0 Å². The topological polar surface area (TPSA) is 85.2 Å². The van der Waals surface area contributed by atoms with Crippen LogP contribution < -0.4 is 4.74 Å². The van der Waals surface area contributed by atoms with Gasteiger partial charge in [-0.25, -0.2) is 4.79 Å². The second kappa shape index (κ2) is 10.3. The minimum atomic E-state index is -0.543. The number of phenolic OH excluding ortho intramolecular Hbond substituents is 1. The van der Waals surface area contributed by atoms with E-state index in [1.165, 1.54) is 0 Å². The average molecular weight is 488 g/mol. The van der Waals surface area contributed by atoms with E-state index in [0.717, 1.165) is 42.5 Å². The maximum absolute atomic E-state index is 13.8. The van der Waals surface area contributed by atoms with Crippen LogP contribution in [0.2, 0.25) is 0 Å². The Hall–Kier alpha value is -3.41. The summed E-state index contributed by atoms with van der Waals surface area (Å²) in [5, 5.41) is 10.3. The van der Waals surface area contributed by atoms with Crippen LogP contribution >= 0.6 is 0 Å². The Morgan fingerprint density at radius 3 is 2.50 bits per heavy atom. The third-order valence-electron chi connectivity index (χ3n) is 7.66. The Kier molecular flexibility index (Phi) is 6.95. The number of ketones is 1. The average Bonchev–Trinajstić information content (AvgIpc) is 3.38. The predicted octanol–water partition coefficient (Wildman–Crippen LogP) is 5.85. The Morgan fingerprint density at radius 2 is 1.78 bits per heavy atom. The van der Waals surface area contributed by atoms with E-state index in [4.69, 9.17) is 14.5 Å². The quantitative estimate of drug-likeness (QED) is 0.517. The summed E-state index contributed by atoms with van der Waals surface area (Å²) < 4.78 is 11.6. The molecule has 2 aromatic carbocycles. The molecule has 188 valence electrons. The van der Waals surface area contributed by atoms with Crippen molar-refractivity contribution in [2.45, 2.75) is 70.3 Å². The van der Waals surface area contributed by atoms with Crippen molar-refractivity contribution in [2.24, 2.45) is 10.9 Å². The number of aliphatic imine (C=N–C) groups is 1. The molecule has 5 rings (SSSR count). The summed E-state index contributed by atoms with van der Waals surface area (Å²) >= 11 is 0. The zero-order valence-corrected chi connectivity index (χ0v) is 20.9. The molecule has 0 radical (unpaired) electrons. The smallest absolute Gasteiger partial charge is 0.336 e. The van der Waals surface area contributed by atoms with E-state index in [1.807, 2.05) is 32.0 Å². The van der Waals surface area contributed by atoms with E-state index in [-0.39, 0.29) is 23.6 Å². The molecule has 1 unspecified atom stereocenters. The second-order valence-corrected chi connectivity index (χ2v) is 10.0. The molecule has 2 saturated carbocycles. The molecule has 3 atom stereocenters. The monoisotopic (exact) mass is 487 g/mol. The highest BCUT2D eigenvalue weighted by molar-refractivity contribution is 6.12. The molecule has 0 spiro atoms. The van der Waals surface area contributed by atoms with Crippen LogP contribution in [0.15, 0.2) is 64.8 Å². The van der Waals surface area contributed by atoms with Crippen LogP contribution in [0.3, 0.4) is 0 Å². The van der Waals surface area contributed by atoms with Crippen LogP contribution in [0, 0.1) is 5.92 Å². The van der Waals surface area contributed by atoms with E-state index in [2.05, 4.69) is 12.1 Å². The van der Waals surface area contributed by atoms with Gasteiger partial charge in [-0.3, -0.25) is 9.79 Å². The Bertz CT molecular complexity index is 1210. The van der Waals surface area contributed by atoms with Gasteiger partial charge >= 0.3 is 5.97 Å². The number of rotatable bonds is 6. The van der Waals surface area contributed by atoms with Crippen LogP contribution in [0.5, 0.6) is 11.5 Å². The first kappa shape index (κ1) is 24.3. The van der Waals surface area contributed by atoms with Crippen LogP contribution in [0.1, 0.15) is 75.3 Å². The molecule has 0 aromatic heterocycles. The number of hydrogen-bond acceptors (Lipinski definition) is 6. The van der Waals surface area contributed by atoms with Gasteiger partial charge in [0.25, 0.3) is 0 Å². The van der Waals surface area contributed by atoms with Crippen LogP contribution in [0.25, 0.3) is 0 Å². The lowest BCUT2D eigenvalue weighted by Crippen LogP contribution is -2.41. The van der Waals surface area contributed by atoms with E-state index < -0.39 is 17.8 Å². The zero-order valence-electron chi connectivity index (χ0n) is 20.9. The standard InChI is InChI=1S/C30H33NO5/c1-3-35-26-17-20(13-14-24(26)32)28-27(30(34)36-22-11-7-8-12-22)18(2)31-23-15-21(16-25(33)29(23)28)19-9-5-4-6-10-19/h4-6,9-10,13-14,17,21-22,28-29,32H,3,7-8,11-12,15-16H2,1-2H3/t21-,28+,29?/m1/s1. The Labute approximate surface area is 212 Å². The molecular formula is C30H33NO5. The minimum Gasteiger partial charge on any atom is -0.504 e. The molecule has 0 bridgehead atoms. The largest absolute Gasteiger partial charge is 0.504 e. The first-order valence-electron chi connectivity index (χ1n) is 13.0. The van der Waals surface area contributed by atoms with Crippen molar-refractivity contribution in [2.75, 3.05) is 6.61 Å². The van der Waals surface area contributed by atoms with Gasteiger partial charge < -0.3 is 14.6 Å². The highest BCUT2D eigenvalue weighted by Crippen LogP contribution is 2.47. The number of Topliss-reactive ketones (excluding diaryl/α,β-unsaturated/α-hetero) is 1. The summed E-state index contributed by atoms with van der Waals surface area (Å²) in [5.74, 6) is -0.965. The van der Waals surface area contributed by atoms with Gasteiger partial charge in [0.1, 0.15) is 11.9 Å². The number of carbonyl (C=O) groups is 2. The number of ether oxygens (including phenoxy) is 2. The van der Waals surface area contributed by atoms with E-state index in [0.29, 0.717) is 36.5 Å². The molecule has 0 saturated heterocycles. The SMILES string of the molecule is CCOc1cc([C@H]2C(C(=O)OC3CCCC3)=C(C)N=C3C[C@@H](c4ccccc4)CC(=O)C32)ccc1O. The lowest BCUT2D eigenvalue weighted by molar-refractivity contribution is -0.144. The molecule has 3 aliphatic rings. The summed E-state index contributed by atoms with van der Waals surface area (Å²) in [6.45, 7) is 4.07. The molecule has 1 N–H and O–H groups in total. The molecular weight excluding hydrogens is 454 g/mol. The molecule has 1 aliphatic heterocycles. The van der Waals surface area contributed by atoms with Crippen LogP contribution in [-0.4, -0.2) is 35.3 Å². The molecule has 2 aliphatic carbocycles. The van der Waals surface area contributed by atoms with Gasteiger partial charge in [-0.05, 0) is 75.1 Å². The van der Waals surface area contributed by atoms with Crippen molar-refractivity contribution < 1.29 is 24.2 Å². The fraction of sp³-hybridized carbons (Fsp3) is 0.433. The first-order chi connectivity index (χ1) is 17.5. The van der Waals surface area contributed by atoms with Gasteiger partial charge in [-0.2, -0.15) is 0 Å². The molecule has 2 fully saturated rings. The number of allylic oxidation sites excluding steroid dienone is 1. The molecule has 0 amide bonds. The maximum Gasteiger partial charge on any atom is 0.336 e. The number of hydrogen-bond donors (Lipinski definition) is 1. The van der Waals surface area contributed by atoms with Gasteiger partial charge in [0.2, 0.25) is 0 Å². The van der Waals surface area contributed by atoms with E-state index in [9.17, 15) is 14.7 Å². The lowest BCUT2D eigenvalue weighted by Gasteiger charge is -2.38. The molecule has 6 heteroatoms. The predicted molar refractivity (Wildman–Crippen MR) is 137 cm³/mol. The Balaban J connectivity index is 1.57. The van der Waals surface area contributed by atoms with Crippen molar-refractivity contribution in [3.63, 3.8) is 0 Å². The molecule has 2 aromatic rings. The van der Waals surface area contributed by atoms with Gasteiger partial charge in [-0.1, -0.05) is 36.4 Å². The third-order valence-corrected chi connectivity index (χ3v) is 7.66. The third kappa shape index (κ3) is 4.69. The second-order valence-electron chi connectivity index (χ2n) is 10.0. The van der Waals surface area contributed by atoms with Crippen molar-refractivity contribution >= 4 is 17.5 Å². The number of aromatic hydroxyl groups is 1. The van der Waals surface area contributed by atoms with Crippen molar-refractivity contribution in [3.05, 3.63) is 70.9 Å². The molecule has 6 nitrogen and oxygen atoms in total. The number of nitrogens with zero attached hydrogens (tertiary/aromatic N) is 1. The van der Waals surface area contributed by atoms with Crippen molar-refractivity contribution in [3.8, 4) is 11.5 Å². The minimum absolute atomic E-state index is 0.0280. The normalized spacial score (nSPS) is 24.3. The summed E-state index contributed by atoms with van der Waals surface area (Å²) in [6.07, 6.45) is 4.81. The first-order valence-corrected chi connectivity index (χ1v) is 13.0. The number of phenols is 1. The van der Waals surface area contributed by atoms with Gasteiger partial charge in [0.15, 0.2) is 11.5 Å². The van der Waals surface area contributed by atoms with Gasteiger partial charge in [0.05, 0.1) is 18.1 Å². The van der Waals surface area contributed by atoms with Gasteiger partial charge in [-0.15, -0.1) is 0 Å². The van der Waals surface area contributed by atoms with Crippen LogP contribution in [0.4, 0.5) is 0 Å². The molecule has 36 heavy (non-hydrogen) atoms. The van der Waals surface area contributed by atoms with Crippen molar-refractivity contribution in [1.29, 1.82) is 0 Å². The van der Waals surface area contributed by atoms with Gasteiger partial charge in [0, 0.05) is 23.7 Å². The molecule has 1 heterocycles. The fourth-order valence-corrected chi connectivity index (χ4v) is 5.98. The summed E-state index contributed by atoms with van der Waals surface area (Å²) in [5.41, 5.74) is 3.72. The number of carbonyl (C=O) groups excluding carboxylic acids is 2. The summed E-state index contributed by atoms with van der Waals surface area (Å²) in [7, 11) is 0.